The lowest BCUT2D eigenvalue weighted by molar-refractivity contribution is 0.670. The normalized spacial score (nSPS) is 12.1. The lowest BCUT2D eigenvalue weighted by Gasteiger charge is -2.18. The van der Waals surface area contributed by atoms with Gasteiger partial charge in [0, 0.05) is 32.5 Å². The van der Waals surface area contributed by atoms with E-state index in [9.17, 15) is 0 Å². The standard InChI is InChI=1S/C56H32O2/c1-2-12-34-30-38(25-21-33(34)11-1)52-41-14-3-5-16-43(41)53(44-17-6-4-15-42(44)52)39-26-23-35-29-37(24-22-36(35)31-39)48-32-49-45(54-47-18-8-10-20-51(47)58-56(48)54)27-28-46-40-13-7-9-19-50(40)57-55(46)49/h1-32H. The molecule has 0 radical (unpaired) electrons. The number of rotatable bonds is 3. The summed E-state index contributed by atoms with van der Waals surface area (Å²) in [5.74, 6) is 0. The van der Waals surface area contributed by atoms with Gasteiger partial charge in [-0.3, -0.25) is 0 Å². The number of para-hydroxylation sites is 2. The zero-order chi connectivity index (χ0) is 37.9. The molecule has 0 saturated heterocycles. The summed E-state index contributed by atoms with van der Waals surface area (Å²) in [4.78, 5) is 0. The van der Waals surface area contributed by atoms with Crippen LogP contribution in [-0.4, -0.2) is 0 Å². The van der Waals surface area contributed by atoms with Crippen LogP contribution in [0.5, 0.6) is 0 Å². The molecule has 2 aromatic heterocycles. The molecule has 13 rings (SSSR count). The Kier molecular flexibility index (Phi) is 6.47. The van der Waals surface area contributed by atoms with Crippen LogP contribution < -0.4 is 0 Å². The van der Waals surface area contributed by atoms with Gasteiger partial charge in [0.25, 0.3) is 0 Å². The summed E-state index contributed by atoms with van der Waals surface area (Å²) in [5, 5.41) is 16.6. The number of furan rings is 2. The fourth-order valence-electron chi connectivity index (χ4n) is 9.76. The Labute approximate surface area is 332 Å². The molecule has 2 heteroatoms. The first-order valence-electron chi connectivity index (χ1n) is 19.9. The Morgan fingerprint density at radius 1 is 0.259 bits per heavy atom. The molecule has 13 aromatic rings. The second kappa shape index (κ2) is 11.9. The first-order valence-corrected chi connectivity index (χ1v) is 19.9. The zero-order valence-electron chi connectivity index (χ0n) is 31.3. The van der Waals surface area contributed by atoms with Gasteiger partial charge in [-0.25, -0.2) is 0 Å². The highest BCUT2D eigenvalue weighted by molar-refractivity contribution is 6.28. The summed E-state index contributed by atoms with van der Waals surface area (Å²) in [6.45, 7) is 0. The summed E-state index contributed by atoms with van der Waals surface area (Å²) >= 11 is 0. The second-order valence-electron chi connectivity index (χ2n) is 15.5. The molecule has 0 atom stereocenters. The monoisotopic (exact) mass is 736 g/mol. The molecule has 58 heavy (non-hydrogen) atoms. The molecule has 0 unspecified atom stereocenters. The Bertz CT molecular complexity index is 3800. The minimum atomic E-state index is 0.882. The second-order valence-corrected chi connectivity index (χ2v) is 15.5. The fraction of sp³-hybridized carbons (Fsp3) is 0. The minimum absolute atomic E-state index is 0.882. The molecule has 0 bridgehead atoms. The molecule has 2 heterocycles. The van der Waals surface area contributed by atoms with Crippen molar-refractivity contribution in [2.24, 2.45) is 0 Å². The van der Waals surface area contributed by atoms with Crippen LogP contribution >= 0.6 is 0 Å². The molecule has 2 nitrogen and oxygen atoms in total. The van der Waals surface area contributed by atoms with Crippen LogP contribution in [-0.2, 0) is 0 Å². The third-order valence-corrected chi connectivity index (χ3v) is 12.4. The highest BCUT2D eigenvalue weighted by Gasteiger charge is 2.21. The number of hydrogen-bond acceptors (Lipinski definition) is 2. The van der Waals surface area contributed by atoms with E-state index in [1.165, 1.54) is 65.3 Å². The van der Waals surface area contributed by atoms with Crippen LogP contribution in [0.25, 0.3) is 131 Å². The van der Waals surface area contributed by atoms with Gasteiger partial charge >= 0.3 is 0 Å². The van der Waals surface area contributed by atoms with Crippen LogP contribution in [0.2, 0.25) is 0 Å². The van der Waals surface area contributed by atoms with E-state index in [-0.39, 0.29) is 0 Å². The quantitative estimate of drug-likeness (QED) is 0.169. The van der Waals surface area contributed by atoms with Crippen LogP contribution in [0, 0.1) is 0 Å². The molecule has 0 aliphatic heterocycles. The van der Waals surface area contributed by atoms with Gasteiger partial charge in [-0.15, -0.1) is 0 Å². The van der Waals surface area contributed by atoms with Gasteiger partial charge < -0.3 is 8.83 Å². The van der Waals surface area contributed by atoms with Crippen molar-refractivity contribution >= 4 is 97.7 Å². The van der Waals surface area contributed by atoms with E-state index in [0.29, 0.717) is 0 Å². The average Bonchev–Trinajstić information content (AvgIpc) is 3.87. The fourth-order valence-corrected chi connectivity index (χ4v) is 9.76. The van der Waals surface area contributed by atoms with Crippen molar-refractivity contribution in [3.8, 4) is 33.4 Å². The van der Waals surface area contributed by atoms with Crippen molar-refractivity contribution in [3.05, 3.63) is 194 Å². The predicted octanol–water partition coefficient (Wildman–Crippen LogP) is 16.3. The third kappa shape index (κ3) is 4.48. The third-order valence-electron chi connectivity index (χ3n) is 12.4. The Morgan fingerprint density at radius 2 is 0.707 bits per heavy atom. The summed E-state index contributed by atoms with van der Waals surface area (Å²) < 4.78 is 13.3. The molecule has 0 aliphatic rings. The smallest absolute Gasteiger partial charge is 0.143 e. The molecule has 0 spiro atoms. The minimum Gasteiger partial charge on any atom is -0.455 e. The SMILES string of the molecule is c1ccc2cc(-c3c4ccccc4c(-c4ccc5cc(-c6cc7c(ccc8c9ccccc9oc87)c7c6oc6ccccc67)ccc5c4)c4ccccc34)ccc2c1. The van der Waals surface area contributed by atoms with Gasteiger partial charge in [-0.05, 0) is 119 Å². The van der Waals surface area contributed by atoms with Gasteiger partial charge in [0.05, 0.1) is 0 Å². The summed E-state index contributed by atoms with van der Waals surface area (Å²) in [5.41, 5.74) is 10.7. The Hall–Kier alpha value is -7.68. The molecular formula is C56H32O2. The van der Waals surface area contributed by atoms with E-state index in [4.69, 9.17) is 8.83 Å². The maximum atomic E-state index is 6.72. The van der Waals surface area contributed by atoms with E-state index in [1.54, 1.807) is 0 Å². The summed E-state index contributed by atoms with van der Waals surface area (Å²) in [6.07, 6.45) is 0. The highest BCUT2D eigenvalue weighted by Crippen LogP contribution is 2.47. The van der Waals surface area contributed by atoms with E-state index in [2.05, 4.69) is 182 Å². The largest absolute Gasteiger partial charge is 0.455 e. The van der Waals surface area contributed by atoms with Crippen molar-refractivity contribution in [1.29, 1.82) is 0 Å². The Morgan fingerprint density at radius 3 is 1.36 bits per heavy atom. The molecular weight excluding hydrogens is 705 g/mol. The van der Waals surface area contributed by atoms with Crippen LogP contribution in [0.15, 0.2) is 203 Å². The maximum Gasteiger partial charge on any atom is 0.143 e. The van der Waals surface area contributed by atoms with Crippen molar-refractivity contribution in [3.63, 3.8) is 0 Å². The molecule has 268 valence electrons. The van der Waals surface area contributed by atoms with Crippen LogP contribution in [0.3, 0.4) is 0 Å². The Balaban J connectivity index is 1.01. The van der Waals surface area contributed by atoms with Gasteiger partial charge in [0.2, 0.25) is 0 Å². The number of hydrogen-bond donors (Lipinski definition) is 0. The molecule has 11 aromatic carbocycles. The molecule has 0 N–H and O–H groups in total. The lowest BCUT2D eigenvalue weighted by Crippen LogP contribution is -1.91. The number of benzene rings is 11. The van der Waals surface area contributed by atoms with Gasteiger partial charge in [0.15, 0.2) is 0 Å². The van der Waals surface area contributed by atoms with Gasteiger partial charge in [-0.1, -0.05) is 152 Å². The van der Waals surface area contributed by atoms with E-state index < -0.39 is 0 Å². The van der Waals surface area contributed by atoms with E-state index >= 15 is 0 Å². The van der Waals surface area contributed by atoms with Crippen molar-refractivity contribution < 1.29 is 8.83 Å². The lowest BCUT2D eigenvalue weighted by atomic mass is 9.85. The first kappa shape index (κ1) is 31.5. The van der Waals surface area contributed by atoms with Crippen molar-refractivity contribution in [2.75, 3.05) is 0 Å². The molecule has 0 saturated carbocycles. The van der Waals surface area contributed by atoms with Gasteiger partial charge in [-0.2, -0.15) is 0 Å². The topological polar surface area (TPSA) is 26.3 Å². The van der Waals surface area contributed by atoms with Crippen molar-refractivity contribution in [1.82, 2.24) is 0 Å². The first-order chi connectivity index (χ1) is 28.7. The number of fused-ring (bicyclic) bond motifs is 13. The average molecular weight is 737 g/mol. The van der Waals surface area contributed by atoms with Crippen LogP contribution in [0.4, 0.5) is 0 Å². The van der Waals surface area contributed by atoms with Crippen molar-refractivity contribution in [2.45, 2.75) is 0 Å². The predicted molar refractivity (Wildman–Crippen MR) is 245 cm³/mol. The molecule has 0 amide bonds. The van der Waals surface area contributed by atoms with Gasteiger partial charge in [0.1, 0.15) is 22.3 Å². The molecule has 0 fully saturated rings. The highest BCUT2D eigenvalue weighted by atomic mass is 16.3. The van der Waals surface area contributed by atoms with E-state index in [0.717, 1.165) is 65.8 Å². The summed E-state index contributed by atoms with van der Waals surface area (Å²) in [6, 6.07) is 70.4. The zero-order valence-corrected chi connectivity index (χ0v) is 31.3. The summed E-state index contributed by atoms with van der Waals surface area (Å²) in [7, 11) is 0. The van der Waals surface area contributed by atoms with Crippen LogP contribution in [0.1, 0.15) is 0 Å². The molecule has 0 aliphatic carbocycles. The van der Waals surface area contributed by atoms with E-state index in [1.807, 2.05) is 12.1 Å². The maximum absolute atomic E-state index is 6.72.